The predicted octanol–water partition coefficient (Wildman–Crippen LogP) is 4.06. The number of likely N-dealkylation sites (tertiary alicyclic amines) is 1. The van der Waals surface area contributed by atoms with E-state index in [9.17, 15) is 19.5 Å². The molecule has 0 unspecified atom stereocenters. The molecule has 10 heteroatoms. The third kappa shape index (κ3) is 5.77. The fourth-order valence-corrected chi connectivity index (χ4v) is 5.84. The van der Waals surface area contributed by atoms with E-state index in [4.69, 9.17) is 27.9 Å². The Morgan fingerprint density at radius 3 is 2.32 bits per heavy atom. The molecule has 2 fully saturated rings. The summed E-state index contributed by atoms with van der Waals surface area (Å²) in [5, 5.41) is 16.9. The number of hydrogen-bond acceptors (Lipinski definition) is 5. The number of rotatable bonds is 11. The first kappa shape index (κ1) is 28.2. The number of carboxylic acid groups (broad SMARTS) is 1. The van der Waals surface area contributed by atoms with Crippen LogP contribution in [0.3, 0.4) is 0 Å². The van der Waals surface area contributed by atoms with Crippen molar-refractivity contribution in [3.8, 4) is 5.75 Å². The average Bonchev–Trinajstić information content (AvgIpc) is 3.54. The van der Waals surface area contributed by atoms with E-state index in [1.165, 1.54) is 0 Å². The first-order chi connectivity index (χ1) is 18.2. The van der Waals surface area contributed by atoms with Crippen LogP contribution in [-0.2, 0) is 27.4 Å². The van der Waals surface area contributed by atoms with Gasteiger partial charge in [-0.05, 0) is 49.1 Å². The van der Waals surface area contributed by atoms with E-state index < -0.39 is 23.3 Å². The summed E-state index contributed by atoms with van der Waals surface area (Å²) in [4.78, 5) is 41.0. The van der Waals surface area contributed by atoms with Gasteiger partial charge in [0, 0.05) is 47.2 Å². The van der Waals surface area contributed by atoms with Gasteiger partial charge in [0.05, 0.1) is 0 Å². The molecule has 2 aromatic carbocycles. The zero-order valence-corrected chi connectivity index (χ0v) is 23.0. The lowest BCUT2D eigenvalue weighted by atomic mass is 9.79. The third-order valence-corrected chi connectivity index (χ3v) is 8.49. The molecule has 2 heterocycles. The van der Waals surface area contributed by atoms with Crippen LogP contribution in [0.25, 0.3) is 0 Å². The van der Waals surface area contributed by atoms with Gasteiger partial charge in [-0.2, -0.15) is 0 Å². The fraction of sp³-hybridized carbons (Fsp3) is 0.464. The van der Waals surface area contributed by atoms with Crippen LogP contribution in [0.15, 0.2) is 42.5 Å². The normalized spacial score (nSPS) is 19.3. The van der Waals surface area contributed by atoms with Crippen LogP contribution in [0.1, 0.15) is 44.2 Å². The van der Waals surface area contributed by atoms with Gasteiger partial charge in [0.25, 0.3) is 0 Å². The highest BCUT2D eigenvalue weighted by molar-refractivity contribution is 6.35. The van der Waals surface area contributed by atoms with E-state index in [1.807, 2.05) is 0 Å². The van der Waals surface area contributed by atoms with Gasteiger partial charge in [0.15, 0.2) is 0 Å². The second-order valence-corrected chi connectivity index (χ2v) is 10.8. The van der Waals surface area contributed by atoms with Gasteiger partial charge >= 0.3 is 5.97 Å². The van der Waals surface area contributed by atoms with Gasteiger partial charge in [0.1, 0.15) is 23.8 Å². The van der Waals surface area contributed by atoms with Crippen molar-refractivity contribution >= 4 is 41.0 Å². The summed E-state index contributed by atoms with van der Waals surface area (Å²) in [6.07, 6.45) is 1.54. The number of hydrogen-bond donors (Lipinski definition) is 3. The standard InChI is InChI=1S/C28H33Cl2N3O5/c1-3-28(4-2,27(37)33-15-18-13-19(33)14-31-18)26(36)32-24(25(34)35)12-17-8-10-20(11-9-17)38-16-21-22(29)6-5-7-23(21)30/h5-11,18-19,24,31H,3-4,12-16H2,1-2H3,(H,32,36)(H,34,35)/t18-,19-,24+/m1/s1. The number of fused-ring (bicyclic) bond motifs is 2. The van der Waals surface area contributed by atoms with Crippen LogP contribution >= 0.6 is 23.2 Å². The molecule has 0 aliphatic carbocycles. The maximum atomic E-state index is 13.6. The van der Waals surface area contributed by atoms with E-state index >= 15 is 0 Å². The molecule has 0 saturated carbocycles. The molecule has 0 aromatic heterocycles. The highest BCUT2D eigenvalue weighted by atomic mass is 35.5. The molecular weight excluding hydrogens is 529 g/mol. The number of ether oxygens (including phenoxy) is 1. The van der Waals surface area contributed by atoms with E-state index in [0.717, 1.165) is 13.0 Å². The van der Waals surface area contributed by atoms with Crippen molar-refractivity contribution in [2.24, 2.45) is 5.41 Å². The first-order valence-electron chi connectivity index (χ1n) is 12.9. The lowest BCUT2D eigenvalue weighted by Crippen LogP contribution is -2.58. The lowest BCUT2D eigenvalue weighted by molar-refractivity contribution is -0.155. The van der Waals surface area contributed by atoms with Crippen LogP contribution in [0.5, 0.6) is 5.75 Å². The quantitative estimate of drug-likeness (QED) is 0.357. The van der Waals surface area contributed by atoms with Gasteiger partial charge in [-0.15, -0.1) is 0 Å². The van der Waals surface area contributed by atoms with Crippen molar-refractivity contribution in [1.82, 2.24) is 15.5 Å². The summed E-state index contributed by atoms with van der Waals surface area (Å²) in [5.41, 5.74) is 0.0840. The highest BCUT2D eigenvalue weighted by Gasteiger charge is 2.51. The van der Waals surface area contributed by atoms with Crippen molar-refractivity contribution in [1.29, 1.82) is 0 Å². The Hall–Kier alpha value is -2.81. The summed E-state index contributed by atoms with van der Waals surface area (Å²) >= 11 is 12.4. The molecule has 2 saturated heterocycles. The summed E-state index contributed by atoms with van der Waals surface area (Å²) in [6.45, 7) is 5.10. The molecule has 2 aliphatic rings. The molecule has 2 bridgehead atoms. The number of amides is 2. The Kier molecular flexibility index (Phi) is 8.85. The van der Waals surface area contributed by atoms with E-state index in [1.54, 1.807) is 61.2 Å². The van der Waals surface area contributed by atoms with Crippen LogP contribution in [-0.4, -0.2) is 59.0 Å². The Balaban J connectivity index is 1.41. The van der Waals surface area contributed by atoms with E-state index in [0.29, 0.717) is 46.3 Å². The molecule has 38 heavy (non-hydrogen) atoms. The second-order valence-electron chi connectivity index (χ2n) is 9.94. The van der Waals surface area contributed by atoms with Gasteiger partial charge in [0.2, 0.25) is 11.8 Å². The van der Waals surface area contributed by atoms with Crippen molar-refractivity contribution in [2.75, 3.05) is 13.1 Å². The maximum Gasteiger partial charge on any atom is 0.326 e. The number of aliphatic carboxylic acids is 1. The summed E-state index contributed by atoms with van der Waals surface area (Å²) in [6, 6.07) is 11.3. The molecule has 3 N–H and O–H groups in total. The molecular formula is C28H33Cl2N3O5. The second kappa shape index (κ2) is 11.9. The van der Waals surface area contributed by atoms with Crippen LogP contribution in [0, 0.1) is 5.41 Å². The Bertz CT molecular complexity index is 1170. The molecule has 3 atom stereocenters. The number of piperazine rings is 1. The number of nitrogens with zero attached hydrogens (tertiary/aromatic N) is 1. The fourth-order valence-electron chi connectivity index (χ4n) is 5.33. The van der Waals surface area contributed by atoms with Crippen molar-refractivity contribution < 1.29 is 24.2 Å². The summed E-state index contributed by atoms with van der Waals surface area (Å²) in [7, 11) is 0. The molecule has 8 nitrogen and oxygen atoms in total. The van der Waals surface area contributed by atoms with Gasteiger partial charge in [-0.25, -0.2) is 4.79 Å². The Labute approximate surface area is 232 Å². The van der Waals surface area contributed by atoms with Gasteiger partial charge < -0.3 is 25.4 Å². The van der Waals surface area contributed by atoms with Crippen molar-refractivity contribution in [3.05, 3.63) is 63.6 Å². The minimum Gasteiger partial charge on any atom is -0.489 e. The van der Waals surface area contributed by atoms with Crippen LogP contribution < -0.4 is 15.4 Å². The minimum atomic E-state index is -1.30. The van der Waals surface area contributed by atoms with Gasteiger partial charge in [-0.1, -0.05) is 55.2 Å². The Morgan fingerprint density at radius 1 is 1.13 bits per heavy atom. The third-order valence-electron chi connectivity index (χ3n) is 7.78. The van der Waals surface area contributed by atoms with Crippen LogP contribution in [0.4, 0.5) is 0 Å². The molecule has 0 spiro atoms. The average molecular weight is 562 g/mol. The zero-order valence-electron chi connectivity index (χ0n) is 21.5. The zero-order chi connectivity index (χ0) is 27.4. The summed E-state index contributed by atoms with van der Waals surface area (Å²) in [5.74, 6) is -1.34. The highest BCUT2D eigenvalue weighted by Crippen LogP contribution is 2.35. The number of halogens is 2. The first-order valence-corrected chi connectivity index (χ1v) is 13.7. The van der Waals surface area contributed by atoms with E-state index in [2.05, 4.69) is 10.6 Å². The minimum absolute atomic E-state index is 0.0632. The molecule has 0 radical (unpaired) electrons. The molecule has 2 aromatic rings. The summed E-state index contributed by atoms with van der Waals surface area (Å²) < 4.78 is 5.79. The van der Waals surface area contributed by atoms with Crippen LogP contribution in [0.2, 0.25) is 10.0 Å². The smallest absolute Gasteiger partial charge is 0.326 e. The number of benzene rings is 2. The Morgan fingerprint density at radius 2 is 1.79 bits per heavy atom. The lowest BCUT2D eigenvalue weighted by Gasteiger charge is -2.37. The van der Waals surface area contributed by atoms with E-state index in [-0.39, 0.29) is 31.0 Å². The molecule has 2 amide bonds. The van der Waals surface area contributed by atoms with Crippen molar-refractivity contribution in [2.45, 2.75) is 64.3 Å². The maximum absolute atomic E-state index is 13.6. The molecule has 4 rings (SSSR count). The number of carbonyl (C=O) groups is 3. The SMILES string of the molecule is CCC(CC)(C(=O)N[C@@H](Cc1ccc(OCc2c(Cl)cccc2Cl)cc1)C(=O)O)C(=O)N1C[C@H]2C[C@@H]1CN2. The number of carbonyl (C=O) groups excluding carboxylic acids is 2. The molecule has 204 valence electrons. The monoisotopic (exact) mass is 561 g/mol. The number of carboxylic acids is 1. The number of nitrogens with one attached hydrogen (secondary N) is 2. The largest absolute Gasteiger partial charge is 0.489 e. The molecule has 2 aliphatic heterocycles. The topological polar surface area (TPSA) is 108 Å². The van der Waals surface area contributed by atoms with Crippen molar-refractivity contribution in [3.63, 3.8) is 0 Å². The predicted molar refractivity (Wildman–Crippen MR) is 145 cm³/mol. The van der Waals surface area contributed by atoms with Gasteiger partial charge in [-0.3, -0.25) is 9.59 Å².